The van der Waals surface area contributed by atoms with Crippen molar-refractivity contribution in [3.63, 3.8) is 0 Å². The number of aryl methyl sites for hydroxylation is 1. The molecule has 4 rings (SSSR count). The molecule has 0 N–H and O–H groups in total. The van der Waals surface area contributed by atoms with Gasteiger partial charge in [-0.05, 0) is 104 Å². The Morgan fingerprint density at radius 2 is 1.67 bits per heavy atom. The predicted octanol–water partition coefficient (Wildman–Crippen LogP) is 8.24. The number of rotatable bonds is 6. The molecule has 4 unspecified atom stereocenters. The third-order valence-corrected chi connectivity index (χ3v) is 7.41. The molecule has 2 heteroatoms. The lowest BCUT2D eigenvalue weighted by molar-refractivity contribution is 0.132. The fourth-order valence-corrected chi connectivity index (χ4v) is 5.66. The van der Waals surface area contributed by atoms with Gasteiger partial charge in [0.15, 0.2) is 0 Å². The largest absolute Gasteiger partial charge is 0.207 e. The van der Waals surface area contributed by atoms with Crippen LogP contribution in [0.1, 0.15) is 62.0 Å². The second kappa shape index (κ2) is 9.29. The summed E-state index contributed by atoms with van der Waals surface area (Å²) in [6.07, 6.45) is 12.6. The van der Waals surface area contributed by atoms with Crippen LogP contribution in [0.25, 0.3) is 11.1 Å². The molecule has 0 aromatic heterocycles. The standard InChI is InChI=1S/C28H32F2/c1-3-5-6-20-8-13-25(27(29)16-20)24-12-14-26(28(30)18-24)23-11-10-21-15-19(4-2)7-9-22(21)17-23/h3-4,8,12-14,16,18-19,21-23H,1-2,5-7,9-11,15,17H2. The van der Waals surface area contributed by atoms with Crippen LogP contribution in [0.4, 0.5) is 8.78 Å². The van der Waals surface area contributed by atoms with Gasteiger partial charge < -0.3 is 0 Å². The van der Waals surface area contributed by atoms with Gasteiger partial charge in [0, 0.05) is 5.56 Å². The minimum atomic E-state index is -0.289. The zero-order valence-corrected chi connectivity index (χ0v) is 17.8. The molecule has 0 heterocycles. The highest BCUT2D eigenvalue weighted by Gasteiger charge is 2.35. The van der Waals surface area contributed by atoms with E-state index in [2.05, 4.69) is 19.2 Å². The second-order valence-corrected chi connectivity index (χ2v) is 9.22. The molecule has 0 spiro atoms. The van der Waals surface area contributed by atoms with Crippen molar-refractivity contribution in [3.05, 3.63) is 84.5 Å². The van der Waals surface area contributed by atoms with Crippen molar-refractivity contribution in [3.8, 4) is 11.1 Å². The van der Waals surface area contributed by atoms with Gasteiger partial charge >= 0.3 is 0 Å². The lowest BCUT2D eigenvalue weighted by Crippen LogP contribution is -2.30. The lowest BCUT2D eigenvalue weighted by atomic mass is 9.64. The lowest BCUT2D eigenvalue weighted by Gasteiger charge is -2.41. The van der Waals surface area contributed by atoms with Gasteiger partial charge in [-0.15, -0.1) is 13.2 Å². The number of fused-ring (bicyclic) bond motifs is 1. The van der Waals surface area contributed by atoms with E-state index in [0.29, 0.717) is 23.0 Å². The molecule has 2 aliphatic carbocycles. The Kier molecular flexibility index (Phi) is 6.51. The smallest absolute Gasteiger partial charge is 0.131 e. The zero-order valence-electron chi connectivity index (χ0n) is 17.8. The fraction of sp³-hybridized carbons (Fsp3) is 0.429. The molecular weight excluding hydrogens is 374 g/mol. The Labute approximate surface area is 179 Å². The Balaban J connectivity index is 1.49. The molecule has 2 aliphatic rings. The number of allylic oxidation sites excluding steroid dienone is 2. The van der Waals surface area contributed by atoms with Crippen LogP contribution < -0.4 is 0 Å². The monoisotopic (exact) mass is 406 g/mol. The van der Waals surface area contributed by atoms with E-state index >= 15 is 4.39 Å². The molecule has 2 aromatic carbocycles. The molecule has 158 valence electrons. The van der Waals surface area contributed by atoms with Crippen molar-refractivity contribution in [1.29, 1.82) is 0 Å². The molecule has 4 atom stereocenters. The van der Waals surface area contributed by atoms with Gasteiger partial charge in [-0.1, -0.05) is 36.4 Å². The summed E-state index contributed by atoms with van der Waals surface area (Å²) >= 11 is 0. The zero-order chi connectivity index (χ0) is 21.1. The highest BCUT2D eigenvalue weighted by Crippen LogP contribution is 2.48. The van der Waals surface area contributed by atoms with E-state index in [0.717, 1.165) is 42.7 Å². The van der Waals surface area contributed by atoms with Crippen LogP contribution in [0, 0.1) is 29.4 Å². The summed E-state index contributed by atoms with van der Waals surface area (Å²) in [7, 11) is 0. The van der Waals surface area contributed by atoms with E-state index in [9.17, 15) is 4.39 Å². The maximum atomic E-state index is 15.1. The van der Waals surface area contributed by atoms with E-state index in [1.54, 1.807) is 12.1 Å². The van der Waals surface area contributed by atoms with Crippen LogP contribution in [0.3, 0.4) is 0 Å². The Morgan fingerprint density at radius 3 is 2.40 bits per heavy atom. The van der Waals surface area contributed by atoms with E-state index in [4.69, 9.17) is 0 Å². The Bertz CT molecular complexity index is 913. The summed E-state index contributed by atoms with van der Waals surface area (Å²) in [5.74, 6) is 1.95. The first-order valence-corrected chi connectivity index (χ1v) is 11.4. The molecular formula is C28H32F2. The topological polar surface area (TPSA) is 0 Å². The van der Waals surface area contributed by atoms with Crippen molar-refractivity contribution in [1.82, 2.24) is 0 Å². The quantitative estimate of drug-likeness (QED) is 0.424. The average Bonchev–Trinajstić information content (AvgIpc) is 2.77. The van der Waals surface area contributed by atoms with E-state index in [1.165, 1.54) is 31.7 Å². The normalized spacial score (nSPS) is 26.1. The summed E-state index contributed by atoms with van der Waals surface area (Å²) in [5, 5.41) is 0. The van der Waals surface area contributed by atoms with Gasteiger partial charge in [0.1, 0.15) is 11.6 Å². The number of hydrogen-bond donors (Lipinski definition) is 0. The molecule has 2 fully saturated rings. The molecule has 30 heavy (non-hydrogen) atoms. The third-order valence-electron chi connectivity index (χ3n) is 7.41. The van der Waals surface area contributed by atoms with Gasteiger partial charge in [-0.3, -0.25) is 0 Å². The highest BCUT2D eigenvalue weighted by molar-refractivity contribution is 5.65. The number of halogens is 2. The molecule has 2 saturated carbocycles. The summed E-state index contributed by atoms with van der Waals surface area (Å²) in [4.78, 5) is 0. The molecule has 0 bridgehead atoms. The van der Waals surface area contributed by atoms with Crippen LogP contribution >= 0.6 is 0 Å². The molecule has 0 radical (unpaired) electrons. The summed E-state index contributed by atoms with van der Waals surface area (Å²) in [6, 6.07) is 10.6. The number of hydrogen-bond acceptors (Lipinski definition) is 0. The first kappa shape index (κ1) is 21.0. The van der Waals surface area contributed by atoms with Gasteiger partial charge in [-0.2, -0.15) is 0 Å². The number of benzene rings is 2. The first-order valence-electron chi connectivity index (χ1n) is 11.4. The van der Waals surface area contributed by atoms with Gasteiger partial charge in [-0.25, -0.2) is 8.78 Å². The SMILES string of the molecule is C=CCCc1ccc(-c2ccc(C3CCC4CC(C=C)CCC4C3)c(F)c2)c(F)c1. The molecule has 0 aliphatic heterocycles. The first-order chi connectivity index (χ1) is 14.6. The van der Waals surface area contributed by atoms with E-state index in [-0.39, 0.29) is 17.6 Å². The average molecular weight is 407 g/mol. The molecule has 0 saturated heterocycles. The molecule has 2 aromatic rings. The van der Waals surface area contributed by atoms with Crippen LogP contribution in [0.5, 0.6) is 0 Å². The van der Waals surface area contributed by atoms with Crippen molar-refractivity contribution in [2.75, 3.05) is 0 Å². The Hall–Kier alpha value is -2.22. The van der Waals surface area contributed by atoms with Crippen molar-refractivity contribution >= 4 is 0 Å². The van der Waals surface area contributed by atoms with Crippen molar-refractivity contribution < 1.29 is 8.78 Å². The van der Waals surface area contributed by atoms with E-state index in [1.807, 2.05) is 24.3 Å². The van der Waals surface area contributed by atoms with Crippen molar-refractivity contribution in [2.24, 2.45) is 17.8 Å². The predicted molar refractivity (Wildman–Crippen MR) is 121 cm³/mol. The third kappa shape index (κ3) is 4.43. The molecule has 0 nitrogen and oxygen atoms in total. The maximum absolute atomic E-state index is 15.1. The van der Waals surface area contributed by atoms with Crippen LogP contribution in [0.15, 0.2) is 61.7 Å². The minimum absolute atomic E-state index is 0.189. The maximum Gasteiger partial charge on any atom is 0.131 e. The van der Waals surface area contributed by atoms with Crippen molar-refractivity contribution in [2.45, 2.75) is 57.3 Å². The molecule has 0 amide bonds. The fourth-order valence-electron chi connectivity index (χ4n) is 5.66. The summed E-state index contributed by atoms with van der Waals surface area (Å²) in [6.45, 7) is 7.68. The van der Waals surface area contributed by atoms with Gasteiger partial charge in [0.05, 0.1) is 0 Å². The Morgan fingerprint density at radius 1 is 0.867 bits per heavy atom. The summed E-state index contributed by atoms with van der Waals surface area (Å²) in [5.41, 5.74) is 2.83. The van der Waals surface area contributed by atoms with Gasteiger partial charge in [0.25, 0.3) is 0 Å². The van der Waals surface area contributed by atoms with Gasteiger partial charge in [0.2, 0.25) is 0 Å². The summed E-state index contributed by atoms with van der Waals surface area (Å²) < 4.78 is 29.7. The van der Waals surface area contributed by atoms with Crippen LogP contribution in [-0.4, -0.2) is 0 Å². The van der Waals surface area contributed by atoms with E-state index < -0.39 is 0 Å². The second-order valence-electron chi connectivity index (χ2n) is 9.22. The minimum Gasteiger partial charge on any atom is -0.207 e. The highest BCUT2D eigenvalue weighted by atomic mass is 19.1. The van der Waals surface area contributed by atoms with Crippen LogP contribution in [0.2, 0.25) is 0 Å². The van der Waals surface area contributed by atoms with Crippen LogP contribution in [-0.2, 0) is 6.42 Å².